The standard InChI is InChI=1S/C14H13BO2/c16-15(17)12-7-8-14-11(9-12)6-5-10-3-1-2-4-13(10)14/h1-4,7-9,16-17H,5-6H2. The molecule has 2 N–H and O–H groups in total. The van der Waals surface area contributed by atoms with Crippen molar-refractivity contribution in [1.29, 1.82) is 0 Å². The Morgan fingerprint density at radius 2 is 1.53 bits per heavy atom. The molecule has 0 unspecified atom stereocenters. The minimum absolute atomic E-state index is 0.572. The van der Waals surface area contributed by atoms with E-state index in [4.69, 9.17) is 0 Å². The van der Waals surface area contributed by atoms with Crippen LogP contribution in [0.25, 0.3) is 11.1 Å². The summed E-state index contributed by atoms with van der Waals surface area (Å²) >= 11 is 0. The van der Waals surface area contributed by atoms with Crippen LogP contribution in [0, 0.1) is 0 Å². The molecule has 0 radical (unpaired) electrons. The largest absolute Gasteiger partial charge is 0.488 e. The van der Waals surface area contributed by atoms with Crippen molar-refractivity contribution >= 4 is 12.6 Å². The van der Waals surface area contributed by atoms with E-state index >= 15 is 0 Å². The summed E-state index contributed by atoms with van der Waals surface area (Å²) in [6.07, 6.45) is 1.99. The maximum Gasteiger partial charge on any atom is 0.488 e. The zero-order valence-corrected chi connectivity index (χ0v) is 9.43. The van der Waals surface area contributed by atoms with Gasteiger partial charge in [0.15, 0.2) is 0 Å². The maximum atomic E-state index is 9.18. The fourth-order valence-electron chi connectivity index (χ4n) is 2.51. The molecule has 0 amide bonds. The quantitative estimate of drug-likeness (QED) is 0.713. The van der Waals surface area contributed by atoms with Crippen LogP contribution in [0.15, 0.2) is 42.5 Å². The van der Waals surface area contributed by atoms with E-state index in [1.807, 2.05) is 18.2 Å². The first kappa shape index (κ1) is 10.6. The van der Waals surface area contributed by atoms with E-state index in [-0.39, 0.29) is 0 Å². The Morgan fingerprint density at radius 1 is 0.824 bits per heavy atom. The van der Waals surface area contributed by atoms with Crippen molar-refractivity contribution in [3.8, 4) is 11.1 Å². The van der Waals surface area contributed by atoms with E-state index in [0.29, 0.717) is 5.46 Å². The van der Waals surface area contributed by atoms with Gasteiger partial charge in [0.1, 0.15) is 0 Å². The van der Waals surface area contributed by atoms with Crippen LogP contribution in [-0.4, -0.2) is 17.2 Å². The zero-order chi connectivity index (χ0) is 11.8. The Balaban J connectivity index is 2.15. The third-order valence-electron chi connectivity index (χ3n) is 3.40. The molecule has 17 heavy (non-hydrogen) atoms. The predicted octanol–water partition coefficient (Wildman–Crippen LogP) is 1.13. The van der Waals surface area contributed by atoms with Crippen molar-refractivity contribution in [3.63, 3.8) is 0 Å². The first-order chi connectivity index (χ1) is 8.25. The first-order valence-corrected chi connectivity index (χ1v) is 5.83. The highest BCUT2D eigenvalue weighted by Crippen LogP contribution is 2.32. The lowest BCUT2D eigenvalue weighted by atomic mass is 9.76. The second-order valence-corrected chi connectivity index (χ2v) is 4.45. The summed E-state index contributed by atoms with van der Waals surface area (Å²) in [6.45, 7) is 0. The van der Waals surface area contributed by atoms with Gasteiger partial charge in [0.25, 0.3) is 0 Å². The van der Waals surface area contributed by atoms with E-state index < -0.39 is 7.12 Å². The summed E-state index contributed by atoms with van der Waals surface area (Å²) in [7, 11) is -1.38. The fourth-order valence-corrected chi connectivity index (χ4v) is 2.51. The summed E-state index contributed by atoms with van der Waals surface area (Å²) in [6, 6.07) is 14.1. The minimum atomic E-state index is -1.38. The highest BCUT2D eigenvalue weighted by molar-refractivity contribution is 6.58. The van der Waals surface area contributed by atoms with Crippen LogP contribution >= 0.6 is 0 Å². The molecule has 1 aliphatic carbocycles. The van der Waals surface area contributed by atoms with Crippen molar-refractivity contribution in [2.75, 3.05) is 0 Å². The Labute approximate surface area is 101 Å². The third kappa shape index (κ3) is 1.77. The SMILES string of the molecule is OB(O)c1ccc2c(c1)CCc1ccccc1-2. The second-order valence-electron chi connectivity index (χ2n) is 4.45. The second kappa shape index (κ2) is 4.02. The molecule has 2 aromatic carbocycles. The summed E-state index contributed by atoms with van der Waals surface area (Å²) in [4.78, 5) is 0. The fraction of sp³-hybridized carbons (Fsp3) is 0.143. The Morgan fingerprint density at radius 3 is 2.35 bits per heavy atom. The zero-order valence-electron chi connectivity index (χ0n) is 9.43. The molecule has 0 fully saturated rings. The molecular weight excluding hydrogens is 211 g/mol. The normalized spacial score (nSPS) is 12.8. The van der Waals surface area contributed by atoms with Gasteiger partial charge in [0.2, 0.25) is 0 Å². The van der Waals surface area contributed by atoms with Gasteiger partial charge in [-0.15, -0.1) is 0 Å². The van der Waals surface area contributed by atoms with Gasteiger partial charge in [0.05, 0.1) is 0 Å². The number of hydrogen-bond donors (Lipinski definition) is 2. The lowest BCUT2D eigenvalue weighted by Gasteiger charge is -2.20. The highest BCUT2D eigenvalue weighted by Gasteiger charge is 2.18. The van der Waals surface area contributed by atoms with Gasteiger partial charge in [-0.3, -0.25) is 0 Å². The summed E-state index contributed by atoms with van der Waals surface area (Å²) in [5.41, 5.74) is 5.64. The predicted molar refractivity (Wildman–Crippen MR) is 69.1 cm³/mol. The van der Waals surface area contributed by atoms with Gasteiger partial charge in [-0.05, 0) is 40.6 Å². The van der Waals surface area contributed by atoms with Gasteiger partial charge in [-0.2, -0.15) is 0 Å². The van der Waals surface area contributed by atoms with Gasteiger partial charge in [-0.1, -0.05) is 42.5 Å². The van der Waals surface area contributed by atoms with E-state index in [2.05, 4.69) is 18.2 Å². The van der Waals surface area contributed by atoms with E-state index in [0.717, 1.165) is 12.8 Å². The molecule has 0 heterocycles. The average Bonchev–Trinajstić information content (AvgIpc) is 2.38. The highest BCUT2D eigenvalue weighted by atomic mass is 16.4. The molecular formula is C14H13BO2. The van der Waals surface area contributed by atoms with Crippen LogP contribution in [0.1, 0.15) is 11.1 Å². The molecule has 1 aliphatic rings. The van der Waals surface area contributed by atoms with Crippen molar-refractivity contribution in [3.05, 3.63) is 53.6 Å². The summed E-state index contributed by atoms with van der Waals surface area (Å²) in [5.74, 6) is 0. The first-order valence-electron chi connectivity index (χ1n) is 5.83. The molecule has 3 rings (SSSR count). The molecule has 0 aromatic heterocycles. The van der Waals surface area contributed by atoms with Crippen LogP contribution in [0.3, 0.4) is 0 Å². The van der Waals surface area contributed by atoms with Gasteiger partial charge < -0.3 is 10.0 Å². The van der Waals surface area contributed by atoms with Gasteiger partial charge in [-0.25, -0.2) is 0 Å². The number of fused-ring (bicyclic) bond motifs is 3. The molecule has 0 bridgehead atoms. The molecule has 0 saturated carbocycles. The van der Waals surface area contributed by atoms with Crippen molar-refractivity contribution in [2.45, 2.75) is 12.8 Å². The molecule has 0 atom stereocenters. The molecule has 3 heteroatoms. The number of rotatable bonds is 1. The number of hydrogen-bond acceptors (Lipinski definition) is 2. The summed E-state index contributed by atoms with van der Waals surface area (Å²) < 4.78 is 0. The van der Waals surface area contributed by atoms with Crippen LogP contribution in [-0.2, 0) is 12.8 Å². The third-order valence-corrected chi connectivity index (χ3v) is 3.40. The molecule has 84 valence electrons. The van der Waals surface area contributed by atoms with Crippen LogP contribution in [0.5, 0.6) is 0 Å². The van der Waals surface area contributed by atoms with E-state index in [1.54, 1.807) is 6.07 Å². The van der Waals surface area contributed by atoms with Crippen LogP contribution in [0.4, 0.5) is 0 Å². The van der Waals surface area contributed by atoms with Crippen molar-refractivity contribution in [2.24, 2.45) is 0 Å². The average molecular weight is 224 g/mol. The van der Waals surface area contributed by atoms with E-state index in [9.17, 15) is 10.0 Å². The molecule has 0 aliphatic heterocycles. The van der Waals surface area contributed by atoms with Crippen LogP contribution < -0.4 is 5.46 Å². The van der Waals surface area contributed by atoms with Crippen molar-refractivity contribution < 1.29 is 10.0 Å². The monoisotopic (exact) mass is 224 g/mol. The lowest BCUT2D eigenvalue weighted by Crippen LogP contribution is -2.30. The Kier molecular flexibility index (Phi) is 2.50. The van der Waals surface area contributed by atoms with Crippen LogP contribution in [0.2, 0.25) is 0 Å². The topological polar surface area (TPSA) is 40.5 Å². The molecule has 2 aromatic rings. The molecule has 0 spiro atoms. The smallest absolute Gasteiger partial charge is 0.423 e. The Hall–Kier alpha value is -1.58. The summed E-state index contributed by atoms with van der Waals surface area (Å²) in [5, 5.41) is 18.4. The van der Waals surface area contributed by atoms with Gasteiger partial charge >= 0.3 is 7.12 Å². The number of aryl methyl sites for hydroxylation is 2. The number of benzene rings is 2. The lowest BCUT2D eigenvalue weighted by molar-refractivity contribution is 0.425. The molecule has 2 nitrogen and oxygen atoms in total. The molecule has 0 saturated heterocycles. The maximum absolute atomic E-state index is 9.18. The van der Waals surface area contributed by atoms with Gasteiger partial charge in [0, 0.05) is 0 Å². The Bertz CT molecular complexity index is 564. The van der Waals surface area contributed by atoms with Crippen molar-refractivity contribution in [1.82, 2.24) is 0 Å². The minimum Gasteiger partial charge on any atom is -0.423 e. The van der Waals surface area contributed by atoms with E-state index in [1.165, 1.54) is 22.3 Å².